The maximum atomic E-state index is 16.6. The molecule has 0 unspecified atom stereocenters. The number of aryl methyl sites for hydroxylation is 1. The molecule has 14 rings (SSSR count). The zero-order valence-corrected chi connectivity index (χ0v) is 72.5. The molecule has 38 heteroatoms. The summed E-state index contributed by atoms with van der Waals surface area (Å²) in [5.74, 6) is -15.9. The van der Waals surface area contributed by atoms with Crippen LogP contribution in [0.15, 0.2) is 109 Å². The molecule has 0 radical (unpaired) electrons. The SMILES string of the molecule is CN[C@H](CC(C)C)C(=O)N[C@H]1C(=O)N[C@@H](CC(N)=O)C(=O)N[C@H]2C(=O)N[C@H]3C(=O)N[C@H](C(=O)N[C@H](C(=O)O)c4cc(O)cc(O)c4-c4cc3ccc4O)[C@H](O[C@H]3C[C@](C)(N)[C@@H](O)[C@H](C)O3)c3ccc(c(Cl)c3)Oc3cc2cc(c3O[C@@H]2O[C@H](CO)[C@@H](O)[C@H](O)[C@H]2O[C@H]2C[C@](C)(NCCCCCCCCCCc3ccccc3)[C@@H](O)[C@H](C)O2)Oc2ccc(cc2Cl)[C@H]1O. The zero-order valence-electron chi connectivity index (χ0n) is 71.0. The highest BCUT2D eigenvalue weighted by Crippen LogP contribution is 2.51. The Bertz CT molecular complexity index is 4980. The quantitative estimate of drug-likeness (QED) is 0.0289. The van der Waals surface area contributed by atoms with Gasteiger partial charge in [0.05, 0.1) is 53.5 Å². The fourth-order valence-electron chi connectivity index (χ4n) is 16.9. The number of carbonyl (C=O) groups is 8. The number of fused-ring (bicyclic) bond motifs is 15. The lowest BCUT2D eigenvalue weighted by atomic mass is 9.84. The van der Waals surface area contributed by atoms with E-state index in [1.807, 2.05) is 32.0 Å². The van der Waals surface area contributed by atoms with Crippen molar-refractivity contribution in [1.82, 2.24) is 42.5 Å². The molecule has 22 N–H and O–H groups in total. The van der Waals surface area contributed by atoms with Crippen molar-refractivity contribution in [2.45, 2.75) is 258 Å². The van der Waals surface area contributed by atoms with Crippen LogP contribution in [0.2, 0.25) is 10.0 Å². The summed E-state index contributed by atoms with van der Waals surface area (Å²) in [6.45, 7) is 9.49. The largest absolute Gasteiger partial charge is 0.508 e. The Morgan fingerprint density at radius 2 is 1.23 bits per heavy atom. The summed E-state index contributed by atoms with van der Waals surface area (Å²) >= 11 is 14.7. The monoisotopic (exact) mass is 1810 g/mol. The van der Waals surface area contributed by atoms with Crippen molar-refractivity contribution in [2.75, 3.05) is 20.2 Å². The van der Waals surface area contributed by atoms with Crippen molar-refractivity contribution in [3.63, 3.8) is 0 Å². The van der Waals surface area contributed by atoms with Gasteiger partial charge < -0.3 is 143 Å². The molecule has 688 valence electrons. The average Bonchev–Trinajstić information content (AvgIpc) is 0.760. The minimum atomic E-state index is -2.38. The predicted molar refractivity (Wildman–Crippen MR) is 457 cm³/mol. The summed E-state index contributed by atoms with van der Waals surface area (Å²) < 4.78 is 53.0. The third-order valence-electron chi connectivity index (χ3n) is 23.9. The second kappa shape index (κ2) is 41.6. The van der Waals surface area contributed by atoms with Crippen LogP contribution in [0, 0.1) is 5.92 Å². The van der Waals surface area contributed by atoms with E-state index in [0.29, 0.717) is 6.54 Å². The van der Waals surface area contributed by atoms with Gasteiger partial charge >= 0.3 is 5.97 Å². The van der Waals surface area contributed by atoms with Crippen molar-refractivity contribution in [2.24, 2.45) is 17.4 Å². The number of primary amides is 1. The number of amides is 7. The summed E-state index contributed by atoms with van der Waals surface area (Å²) in [5.41, 5.74) is 8.52. The van der Waals surface area contributed by atoms with Crippen LogP contribution in [0.3, 0.4) is 0 Å². The lowest BCUT2D eigenvalue weighted by molar-refractivity contribution is -0.334. The molecule has 3 saturated heterocycles. The van der Waals surface area contributed by atoms with Gasteiger partial charge in [-0.05, 0) is 155 Å². The van der Waals surface area contributed by atoms with Crippen LogP contribution in [0.25, 0.3) is 11.1 Å². The molecule has 3 fully saturated rings. The number of nitrogens with one attached hydrogen (secondary N) is 8. The summed E-state index contributed by atoms with van der Waals surface area (Å²) in [6, 6.07) is 10.2. The smallest absolute Gasteiger partial charge is 0.330 e. The van der Waals surface area contributed by atoms with Crippen LogP contribution < -0.4 is 68.2 Å². The number of halogens is 2. The van der Waals surface area contributed by atoms with Gasteiger partial charge in [-0.25, -0.2) is 4.79 Å². The highest BCUT2D eigenvalue weighted by atomic mass is 35.5. The number of carboxylic acids is 1. The van der Waals surface area contributed by atoms with E-state index in [1.165, 1.54) is 56.8 Å². The number of aliphatic hydroxyl groups excluding tert-OH is 6. The standard InChI is InChI=1S/C89H112Cl2N10O26/c1-41(2)29-54(94-7)80(112)100-70-72(107)46-23-26-58(52(90)31-46)122-60-33-48-34-61(76(60)127-87-77(74(109)73(108)62(40-102)124-87)126-65-39-89(6,79(111)43(4)121-65)95-28-18-13-11-9-8-10-12-15-19-44-20-16-14-17-21-44)123-59-27-24-47(32-53(59)91)75(125-64-38-88(5,93)78(110)42(3)120-64)71-85(117)99-69(86(118)119)51-35-49(103)36-57(105)66(51)50-30-45(22-25-56(50)104)67(82(114)101-71)98-83(115)68(48)97-81(113)55(37-63(92)106)96-84(70)116/h14,16-17,20-27,30-36,41-43,54-55,62,64-65,67-75,77-79,87,94-95,102-105,107-111H,8-13,15,18-19,28-29,37-40,93H2,1-7H3,(H2,92,106)(H,96,116)(H,97,113)(H,98,115)(H,99,117)(H,100,112)(H,101,114)(H,118,119)/t42-,43-,54+,55-,62+,64-,65-,67+,68+,69-,70+,71-,72+,73+,74-,75+,77+,78-,79-,87-,88-,89-/m0/s1. The van der Waals surface area contributed by atoms with Crippen molar-refractivity contribution >= 4 is 70.5 Å². The first-order valence-electron chi connectivity index (χ1n) is 42.4. The topological polar surface area (TPSA) is 561 Å². The minimum absolute atomic E-state index is 0.102. The molecule has 8 aliphatic heterocycles. The van der Waals surface area contributed by atoms with Crippen LogP contribution in [0.1, 0.15) is 182 Å². The van der Waals surface area contributed by atoms with Gasteiger partial charge in [-0.15, -0.1) is 0 Å². The summed E-state index contributed by atoms with van der Waals surface area (Å²) in [6.07, 6.45) is -13.3. The first-order valence-corrected chi connectivity index (χ1v) is 43.1. The number of rotatable bonds is 27. The van der Waals surface area contributed by atoms with Gasteiger partial charge in [-0.1, -0.05) is 124 Å². The number of likely N-dealkylation sites (N-methyl/N-ethyl adjacent to an activating group) is 1. The van der Waals surface area contributed by atoms with Crippen LogP contribution in [0.4, 0.5) is 0 Å². The van der Waals surface area contributed by atoms with Gasteiger partial charge in [0.2, 0.25) is 53.4 Å². The van der Waals surface area contributed by atoms with Crippen molar-refractivity contribution in [3.8, 4) is 57.1 Å². The third-order valence-corrected chi connectivity index (χ3v) is 24.5. The normalized spacial score (nSPS) is 29.5. The molecule has 0 aliphatic carbocycles. The van der Waals surface area contributed by atoms with E-state index in [9.17, 15) is 65.4 Å². The van der Waals surface area contributed by atoms with E-state index in [-0.39, 0.29) is 58.4 Å². The van der Waals surface area contributed by atoms with Crippen molar-refractivity contribution < 1.29 is 127 Å². The van der Waals surface area contributed by atoms with Gasteiger partial charge in [0.25, 0.3) is 0 Å². The van der Waals surface area contributed by atoms with Gasteiger partial charge in [0, 0.05) is 46.7 Å². The molecule has 6 aromatic rings. The Labute approximate surface area is 742 Å². The number of aliphatic hydroxyl groups is 6. The predicted octanol–water partition coefficient (Wildman–Crippen LogP) is 5.34. The van der Waals surface area contributed by atoms with Crippen LogP contribution in [-0.4, -0.2) is 222 Å². The van der Waals surface area contributed by atoms with Crippen LogP contribution in [-0.2, 0) is 68.5 Å². The molecule has 22 atom stereocenters. The number of carbonyl (C=O) groups excluding carboxylic acids is 7. The number of carboxylic acid groups (broad SMARTS) is 1. The molecule has 11 bridgehead atoms. The Hall–Kier alpha value is -10.1. The lowest BCUT2D eigenvalue weighted by Crippen LogP contribution is -2.65. The number of hydrogen-bond donors (Lipinski definition) is 20. The van der Waals surface area contributed by atoms with E-state index in [1.54, 1.807) is 13.8 Å². The number of aliphatic carboxylic acids is 1. The number of aromatic hydroxyl groups is 3. The second-order valence-corrected chi connectivity index (χ2v) is 35.0. The summed E-state index contributed by atoms with van der Waals surface area (Å²) in [7, 11) is 1.48. The maximum Gasteiger partial charge on any atom is 0.330 e. The average molecular weight is 1810 g/mol. The van der Waals surface area contributed by atoms with Crippen molar-refractivity contribution in [1.29, 1.82) is 0 Å². The summed E-state index contributed by atoms with van der Waals surface area (Å²) in [5, 5.41) is 138. The number of unbranched alkanes of at least 4 members (excludes halogenated alkanes) is 7. The fraction of sp³-hybridized carbons (Fsp3) is 0.506. The van der Waals surface area contributed by atoms with Crippen molar-refractivity contribution in [3.05, 3.63) is 153 Å². The molecule has 36 nitrogen and oxygen atoms in total. The Balaban J connectivity index is 1.03. The van der Waals surface area contributed by atoms with E-state index < -0.39 is 255 Å². The van der Waals surface area contributed by atoms with E-state index in [2.05, 4.69) is 54.7 Å². The Morgan fingerprint density at radius 3 is 1.85 bits per heavy atom. The molecular formula is C89H112Cl2N10O26. The lowest BCUT2D eigenvalue weighted by Gasteiger charge is -2.48. The maximum absolute atomic E-state index is 16.6. The molecule has 6 aromatic carbocycles. The Morgan fingerprint density at radius 1 is 0.630 bits per heavy atom. The number of ether oxygens (including phenoxy) is 8. The van der Waals surface area contributed by atoms with Gasteiger partial charge in [0.15, 0.2) is 36.2 Å². The highest BCUT2D eigenvalue weighted by Gasteiger charge is 2.53. The number of benzene rings is 6. The summed E-state index contributed by atoms with van der Waals surface area (Å²) in [4.78, 5) is 121. The highest BCUT2D eigenvalue weighted by molar-refractivity contribution is 6.32. The molecule has 0 aromatic heterocycles. The van der Waals surface area contributed by atoms with Gasteiger partial charge in [-0.2, -0.15) is 0 Å². The van der Waals surface area contributed by atoms with E-state index in [4.69, 9.17) is 72.6 Å². The number of nitrogens with two attached hydrogens (primary N) is 2. The minimum Gasteiger partial charge on any atom is -0.508 e. The van der Waals surface area contributed by atoms with E-state index >= 15 is 24.0 Å². The molecule has 7 amide bonds. The molecular weight excluding hydrogens is 1700 g/mol. The van der Waals surface area contributed by atoms with Crippen LogP contribution in [0.5, 0.6) is 46.0 Å². The number of hydrogen-bond acceptors (Lipinski definition) is 28. The van der Waals surface area contributed by atoms with Gasteiger partial charge in [-0.3, -0.25) is 33.6 Å². The van der Waals surface area contributed by atoms with E-state index in [0.717, 1.165) is 106 Å². The molecule has 8 heterocycles. The van der Waals surface area contributed by atoms with Crippen LogP contribution >= 0.6 is 23.2 Å². The second-order valence-electron chi connectivity index (χ2n) is 34.2. The number of phenolic OH excluding ortho intramolecular Hbond substituents is 3. The first kappa shape index (κ1) is 96.0. The van der Waals surface area contributed by atoms with Gasteiger partial charge in [0.1, 0.15) is 89.5 Å². The molecule has 0 saturated carbocycles. The molecule has 8 aliphatic rings. The number of phenols is 3. The first-order chi connectivity index (χ1) is 60.3. The molecule has 127 heavy (non-hydrogen) atoms. The Kier molecular flexibility index (Phi) is 31.4. The third kappa shape index (κ3) is 22.6. The fourth-order valence-corrected chi connectivity index (χ4v) is 17.4. The zero-order chi connectivity index (χ0) is 91.8. The molecule has 0 spiro atoms.